The van der Waals surface area contributed by atoms with Crippen LogP contribution >= 0.6 is 18.2 Å². The van der Waals surface area contributed by atoms with E-state index in [9.17, 15) is 4.57 Å². The second-order valence-corrected chi connectivity index (χ2v) is 7.88. The highest BCUT2D eigenvalue weighted by atomic mass is 32.7. The minimum Gasteiger partial charge on any atom is -0.361 e. The third kappa shape index (κ3) is 3.60. The van der Waals surface area contributed by atoms with Crippen LogP contribution in [-0.2, 0) is 11.0 Å². The predicted molar refractivity (Wildman–Crippen MR) is 74.5 cm³/mol. The fraction of sp³-hybridized carbons (Fsp3) is 0.273. The Morgan fingerprint density at radius 3 is 2.83 bits per heavy atom. The first-order chi connectivity index (χ1) is 8.46. The number of hydrogen-bond acceptors (Lipinski definition) is 3. The summed E-state index contributed by atoms with van der Waals surface area (Å²) in [6, 6.07) is 7.61. The summed E-state index contributed by atoms with van der Waals surface area (Å²) in [5.41, 5.74) is 8.00. The Hall–Kier alpha value is -0.780. The van der Waals surface area contributed by atoms with E-state index in [0.717, 1.165) is 16.5 Å². The summed E-state index contributed by atoms with van der Waals surface area (Å²) >= 11 is 0.600. The van der Waals surface area contributed by atoms with E-state index in [-0.39, 0.29) is 11.8 Å². The maximum absolute atomic E-state index is 10.7. The largest absolute Gasteiger partial charge is 0.384 e. The Morgan fingerprint density at radius 2 is 2.11 bits per heavy atom. The van der Waals surface area contributed by atoms with Gasteiger partial charge in [-0.3, -0.25) is 0 Å². The standard InChI is InChI=1S/C11H15N2O3PS/c12-9(7-18-17(14,15)16)5-8-6-13-11-4-2-1-3-10(8)11/h1-4,6,9,13H,5,7,12H2,(H2,14,15,16). The van der Waals surface area contributed by atoms with Crippen LogP contribution in [0, 0.1) is 0 Å². The van der Waals surface area contributed by atoms with Gasteiger partial charge in [-0.25, -0.2) is 4.57 Å². The highest BCUT2D eigenvalue weighted by Crippen LogP contribution is 2.50. The maximum atomic E-state index is 10.7. The van der Waals surface area contributed by atoms with Gasteiger partial charge < -0.3 is 20.5 Å². The molecular formula is C11H15N2O3PS. The van der Waals surface area contributed by atoms with E-state index < -0.39 is 6.80 Å². The van der Waals surface area contributed by atoms with E-state index in [2.05, 4.69) is 4.98 Å². The fourth-order valence-electron chi connectivity index (χ4n) is 1.83. The molecule has 1 heterocycles. The summed E-state index contributed by atoms with van der Waals surface area (Å²) in [6.07, 6.45) is 2.49. The van der Waals surface area contributed by atoms with E-state index in [1.165, 1.54) is 0 Å². The average Bonchev–Trinajstić information content (AvgIpc) is 2.70. The molecule has 1 unspecified atom stereocenters. The van der Waals surface area contributed by atoms with E-state index in [1.54, 1.807) is 0 Å². The van der Waals surface area contributed by atoms with E-state index in [4.69, 9.17) is 15.5 Å². The lowest BCUT2D eigenvalue weighted by Crippen LogP contribution is -2.25. The van der Waals surface area contributed by atoms with Gasteiger partial charge in [-0.2, -0.15) is 0 Å². The molecule has 2 rings (SSSR count). The van der Waals surface area contributed by atoms with Gasteiger partial charge in [0, 0.05) is 28.9 Å². The Bertz CT molecular complexity index is 580. The molecular weight excluding hydrogens is 271 g/mol. The zero-order valence-corrected chi connectivity index (χ0v) is 11.3. The molecule has 5 N–H and O–H groups in total. The summed E-state index contributed by atoms with van der Waals surface area (Å²) in [6.45, 7) is -4.03. The Morgan fingerprint density at radius 1 is 1.39 bits per heavy atom. The number of benzene rings is 1. The first kappa shape index (κ1) is 13.6. The molecule has 1 aromatic heterocycles. The van der Waals surface area contributed by atoms with Gasteiger partial charge in [0.05, 0.1) is 0 Å². The van der Waals surface area contributed by atoms with Gasteiger partial charge in [0.2, 0.25) is 0 Å². The van der Waals surface area contributed by atoms with Gasteiger partial charge in [0.25, 0.3) is 0 Å². The number of nitrogens with one attached hydrogen (secondary N) is 1. The maximum Gasteiger partial charge on any atom is 0.384 e. The van der Waals surface area contributed by atoms with Crippen molar-refractivity contribution in [3.8, 4) is 0 Å². The van der Waals surface area contributed by atoms with Crippen molar-refractivity contribution in [3.63, 3.8) is 0 Å². The van der Waals surface area contributed by atoms with Crippen LogP contribution < -0.4 is 5.73 Å². The van der Waals surface area contributed by atoms with Gasteiger partial charge in [-0.1, -0.05) is 18.2 Å². The third-order valence-corrected chi connectivity index (χ3v) is 4.98. The Labute approximate surface area is 109 Å². The molecule has 1 aromatic carbocycles. The number of nitrogens with two attached hydrogens (primary N) is 1. The number of H-pyrrole nitrogens is 1. The number of fused-ring (bicyclic) bond motifs is 1. The third-order valence-electron chi connectivity index (χ3n) is 2.61. The number of aromatic nitrogens is 1. The normalized spacial score (nSPS) is 13.9. The van der Waals surface area contributed by atoms with Crippen LogP contribution in [0.3, 0.4) is 0 Å². The zero-order valence-electron chi connectivity index (χ0n) is 9.61. The van der Waals surface area contributed by atoms with Gasteiger partial charge >= 0.3 is 6.80 Å². The van der Waals surface area contributed by atoms with Crippen molar-refractivity contribution in [1.82, 2.24) is 4.98 Å². The summed E-state index contributed by atoms with van der Waals surface area (Å²) in [7, 11) is 0. The molecule has 0 spiro atoms. The highest BCUT2D eigenvalue weighted by molar-refractivity contribution is 8.54. The average molecular weight is 286 g/mol. The number of para-hydroxylation sites is 1. The van der Waals surface area contributed by atoms with Crippen LogP contribution in [0.2, 0.25) is 0 Å². The molecule has 7 heteroatoms. The van der Waals surface area contributed by atoms with Gasteiger partial charge in [-0.15, -0.1) is 0 Å². The predicted octanol–water partition coefficient (Wildman–Crippen LogP) is 1.86. The smallest absolute Gasteiger partial charge is 0.361 e. The minimum atomic E-state index is -4.03. The lowest BCUT2D eigenvalue weighted by atomic mass is 10.1. The molecule has 1 atom stereocenters. The van der Waals surface area contributed by atoms with Crippen LogP contribution in [-0.4, -0.2) is 26.6 Å². The second-order valence-electron chi connectivity index (χ2n) is 4.11. The highest BCUT2D eigenvalue weighted by Gasteiger charge is 2.17. The van der Waals surface area contributed by atoms with Crippen molar-refractivity contribution < 1.29 is 14.4 Å². The SMILES string of the molecule is NC(CSP(=O)(O)O)Cc1c[nH]c2ccccc12. The molecule has 0 aliphatic rings. The molecule has 2 aromatic rings. The van der Waals surface area contributed by atoms with Crippen LogP contribution in [0.4, 0.5) is 0 Å². The lowest BCUT2D eigenvalue weighted by Gasteiger charge is -2.11. The Kier molecular flexibility index (Phi) is 4.14. The molecule has 18 heavy (non-hydrogen) atoms. The first-order valence-electron chi connectivity index (χ1n) is 5.46. The first-order valence-corrected chi connectivity index (χ1v) is 8.66. The van der Waals surface area contributed by atoms with Crippen molar-refractivity contribution in [1.29, 1.82) is 0 Å². The van der Waals surface area contributed by atoms with Crippen molar-refractivity contribution >= 4 is 29.1 Å². The monoisotopic (exact) mass is 286 g/mol. The van der Waals surface area contributed by atoms with Crippen molar-refractivity contribution in [3.05, 3.63) is 36.0 Å². The van der Waals surface area contributed by atoms with Gasteiger partial charge in [0.1, 0.15) is 0 Å². The Balaban J connectivity index is 2.03. The summed E-state index contributed by atoms with van der Waals surface area (Å²) in [5.74, 6) is 0.240. The molecule has 0 radical (unpaired) electrons. The zero-order chi connectivity index (χ0) is 13.2. The summed E-state index contributed by atoms with van der Waals surface area (Å²) in [4.78, 5) is 20.7. The van der Waals surface area contributed by atoms with Crippen LogP contribution in [0.1, 0.15) is 5.56 Å². The fourth-order valence-corrected chi connectivity index (χ4v) is 3.50. The molecule has 0 saturated heterocycles. The number of rotatable bonds is 5. The van der Waals surface area contributed by atoms with E-state index in [0.29, 0.717) is 17.8 Å². The van der Waals surface area contributed by atoms with Crippen LogP contribution in [0.15, 0.2) is 30.5 Å². The van der Waals surface area contributed by atoms with Gasteiger partial charge in [0.15, 0.2) is 0 Å². The molecule has 5 nitrogen and oxygen atoms in total. The van der Waals surface area contributed by atoms with Crippen LogP contribution in [0.5, 0.6) is 0 Å². The molecule has 0 aliphatic heterocycles. The summed E-state index contributed by atoms with van der Waals surface area (Å²) < 4.78 is 10.7. The van der Waals surface area contributed by atoms with Crippen LogP contribution in [0.25, 0.3) is 10.9 Å². The van der Waals surface area contributed by atoms with E-state index >= 15 is 0 Å². The van der Waals surface area contributed by atoms with Crippen molar-refractivity contribution in [2.45, 2.75) is 12.5 Å². The van der Waals surface area contributed by atoms with E-state index in [1.807, 2.05) is 30.5 Å². The molecule has 98 valence electrons. The van der Waals surface area contributed by atoms with Crippen molar-refractivity contribution in [2.75, 3.05) is 5.75 Å². The minimum absolute atomic E-state index is 0.240. The molecule has 0 saturated carbocycles. The number of hydrogen-bond donors (Lipinski definition) is 4. The number of aromatic amines is 1. The molecule has 0 bridgehead atoms. The second kappa shape index (κ2) is 5.47. The molecule has 0 aliphatic carbocycles. The molecule has 0 amide bonds. The lowest BCUT2D eigenvalue weighted by molar-refractivity contribution is 0.397. The quantitative estimate of drug-likeness (QED) is 0.629. The molecule has 0 fully saturated rings. The van der Waals surface area contributed by atoms with Crippen molar-refractivity contribution in [2.24, 2.45) is 5.73 Å². The topological polar surface area (TPSA) is 99.3 Å². The summed E-state index contributed by atoms with van der Waals surface area (Å²) in [5, 5.41) is 1.11. The van der Waals surface area contributed by atoms with Gasteiger partial charge in [-0.05, 0) is 29.4 Å².